The van der Waals surface area contributed by atoms with Crippen LogP contribution < -0.4 is 10.5 Å². The summed E-state index contributed by atoms with van der Waals surface area (Å²) >= 11 is 0. The number of para-hydroxylation sites is 1. The standard InChI is InChI=1S/C14H24N2O/c1-4-16(5-2)9-10-17-14-12(3)7-6-8-13(14)11-15/h6-8H,4-5,9-11,15H2,1-3H3. The van der Waals surface area contributed by atoms with Crippen LogP contribution in [-0.4, -0.2) is 31.1 Å². The minimum absolute atomic E-state index is 0.530. The largest absolute Gasteiger partial charge is 0.492 e. The number of nitrogens with two attached hydrogens (primary N) is 1. The zero-order valence-corrected chi connectivity index (χ0v) is 11.2. The molecule has 1 rings (SSSR count). The fourth-order valence-corrected chi connectivity index (χ4v) is 1.90. The first-order valence-electron chi connectivity index (χ1n) is 6.36. The van der Waals surface area contributed by atoms with Gasteiger partial charge < -0.3 is 15.4 Å². The maximum absolute atomic E-state index is 5.87. The van der Waals surface area contributed by atoms with E-state index in [1.54, 1.807) is 0 Å². The summed E-state index contributed by atoms with van der Waals surface area (Å²) in [6.45, 7) is 10.7. The highest BCUT2D eigenvalue weighted by atomic mass is 16.5. The molecule has 1 aromatic rings. The fourth-order valence-electron chi connectivity index (χ4n) is 1.90. The van der Waals surface area contributed by atoms with Crippen LogP contribution in [0.4, 0.5) is 0 Å². The third-order valence-electron chi connectivity index (χ3n) is 3.06. The molecule has 0 fully saturated rings. The van der Waals surface area contributed by atoms with E-state index < -0.39 is 0 Å². The van der Waals surface area contributed by atoms with E-state index in [1.165, 1.54) is 0 Å². The van der Waals surface area contributed by atoms with Crippen LogP contribution in [0.5, 0.6) is 5.75 Å². The summed E-state index contributed by atoms with van der Waals surface area (Å²) in [7, 11) is 0. The Labute approximate surface area is 105 Å². The molecular formula is C14H24N2O. The highest BCUT2D eigenvalue weighted by molar-refractivity contribution is 5.40. The number of benzene rings is 1. The van der Waals surface area contributed by atoms with E-state index in [2.05, 4.69) is 31.7 Å². The lowest BCUT2D eigenvalue weighted by Crippen LogP contribution is -2.28. The number of aryl methyl sites for hydroxylation is 1. The first kappa shape index (κ1) is 14.0. The van der Waals surface area contributed by atoms with Gasteiger partial charge in [0.2, 0.25) is 0 Å². The molecule has 0 saturated heterocycles. The molecule has 0 atom stereocenters. The summed E-state index contributed by atoms with van der Waals surface area (Å²) in [6.07, 6.45) is 0. The highest BCUT2D eigenvalue weighted by Crippen LogP contribution is 2.22. The minimum atomic E-state index is 0.530. The van der Waals surface area contributed by atoms with Gasteiger partial charge in [-0.15, -0.1) is 0 Å². The molecule has 0 radical (unpaired) electrons. The number of ether oxygens (including phenoxy) is 1. The van der Waals surface area contributed by atoms with Crippen molar-refractivity contribution in [2.75, 3.05) is 26.2 Å². The molecule has 3 heteroatoms. The summed E-state index contributed by atoms with van der Waals surface area (Å²) < 4.78 is 5.87. The lowest BCUT2D eigenvalue weighted by atomic mass is 10.1. The Morgan fingerprint density at radius 2 is 1.94 bits per heavy atom. The SMILES string of the molecule is CCN(CC)CCOc1c(C)cccc1CN. The molecule has 0 bridgehead atoms. The second-order valence-electron chi connectivity index (χ2n) is 4.14. The van der Waals surface area contributed by atoms with E-state index in [4.69, 9.17) is 10.5 Å². The number of hydrogen-bond acceptors (Lipinski definition) is 3. The van der Waals surface area contributed by atoms with Gasteiger partial charge in [0.15, 0.2) is 0 Å². The first-order chi connectivity index (χ1) is 8.22. The smallest absolute Gasteiger partial charge is 0.126 e. The van der Waals surface area contributed by atoms with E-state index in [0.29, 0.717) is 6.54 Å². The maximum atomic E-state index is 5.87. The maximum Gasteiger partial charge on any atom is 0.126 e. The number of hydrogen-bond donors (Lipinski definition) is 1. The average molecular weight is 236 g/mol. The van der Waals surface area contributed by atoms with Gasteiger partial charge in [0, 0.05) is 18.7 Å². The molecule has 0 aromatic heterocycles. The molecule has 2 N–H and O–H groups in total. The van der Waals surface area contributed by atoms with E-state index in [9.17, 15) is 0 Å². The van der Waals surface area contributed by atoms with Crippen LogP contribution in [0.3, 0.4) is 0 Å². The fraction of sp³-hybridized carbons (Fsp3) is 0.571. The molecule has 0 unspecified atom stereocenters. The average Bonchev–Trinajstić information content (AvgIpc) is 2.36. The van der Waals surface area contributed by atoms with Crippen molar-refractivity contribution in [2.45, 2.75) is 27.3 Å². The van der Waals surface area contributed by atoms with Gasteiger partial charge in [0.05, 0.1) is 0 Å². The Morgan fingerprint density at radius 3 is 2.53 bits per heavy atom. The van der Waals surface area contributed by atoms with Crippen molar-refractivity contribution in [3.05, 3.63) is 29.3 Å². The Kier molecular flexibility index (Phi) is 6.01. The molecule has 0 aliphatic carbocycles. The van der Waals surface area contributed by atoms with Crippen LogP contribution in [0.1, 0.15) is 25.0 Å². The predicted octanol–water partition coefficient (Wildman–Crippen LogP) is 2.17. The minimum Gasteiger partial charge on any atom is -0.492 e. The number of likely N-dealkylation sites (N-methyl/N-ethyl adjacent to an activating group) is 1. The molecule has 0 amide bonds. The van der Waals surface area contributed by atoms with E-state index in [0.717, 1.165) is 43.1 Å². The third kappa shape index (κ3) is 4.02. The molecule has 0 aliphatic heterocycles. The van der Waals surface area contributed by atoms with Gasteiger partial charge in [0.1, 0.15) is 12.4 Å². The van der Waals surface area contributed by atoms with Crippen molar-refractivity contribution in [1.29, 1.82) is 0 Å². The summed E-state index contributed by atoms with van der Waals surface area (Å²) in [6, 6.07) is 6.11. The molecule has 17 heavy (non-hydrogen) atoms. The lowest BCUT2D eigenvalue weighted by Gasteiger charge is -2.19. The Bertz CT molecular complexity index is 335. The van der Waals surface area contributed by atoms with Crippen LogP contribution in [0.15, 0.2) is 18.2 Å². The van der Waals surface area contributed by atoms with E-state index >= 15 is 0 Å². The van der Waals surface area contributed by atoms with Crippen LogP contribution in [0, 0.1) is 6.92 Å². The van der Waals surface area contributed by atoms with E-state index in [1.807, 2.05) is 12.1 Å². The summed E-state index contributed by atoms with van der Waals surface area (Å²) in [5, 5.41) is 0. The molecular weight excluding hydrogens is 212 g/mol. The molecule has 1 aromatic carbocycles. The van der Waals surface area contributed by atoms with Crippen LogP contribution >= 0.6 is 0 Å². The van der Waals surface area contributed by atoms with Crippen LogP contribution in [-0.2, 0) is 6.54 Å². The Hall–Kier alpha value is -1.06. The quantitative estimate of drug-likeness (QED) is 0.788. The van der Waals surface area contributed by atoms with Crippen molar-refractivity contribution in [3.8, 4) is 5.75 Å². The molecule has 0 spiro atoms. The molecule has 0 heterocycles. The van der Waals surface area contributed by atoms with Gasteiger partial charge in [-0.25, -0.2) is 0 Å². The highest BCUT2D eigenvalue weighted by Gasteiger charge is 2.06. The van der Waals surface area contributed by atoms with Gasteiger partial charge in [-0.05, 0) is 25.6 Å². The van der Waals surface area contributed by atoms with Gasteiger partial charge in [-0.2, -0.15) is 0 Å². The van der Waals surface area contributed by atoms with Crippen molar-refractivity contribution >= 4 is 0 Å². The molecule has 0 aliphatic rings. The number of nitrogens with zero attached hydrogens (tertiary/aromatic N) is 1. The van der Waals surface area contributed by atoms with Gasteiger partial charge >= 0.3 is 0 Å². The zero-order valence-electron chi connectivity index (χ0n) is 11.2. The van der Waals surface area contributed by atoms with Gasteiger partial charge in [0.25, 0.3) is 0 Å². The van der Waals surface area contributed by atoms with Crippen LogP contribution in [0.2, 0.25) is 0 Å². The summed E-state index contributed by atoms with van der Waals surface area (Å²) in [5.74, 6) is 0.960. The lowest BCUT2D eigenvalue weighted by molar-refractivity contribution is 0.221. The number of rotatable bonds is 7. The Balaban J connectivity index is 2.56. The summed E-state index contributed by atoms with van der Waals surface area (Å²) in [5.41, 5.74) is 7.96. The Morgan fingerprint density at radius 1 is 1.24 bits per heavy atom. The zero-order chi connectivity index (χ0) is 12.7. The second kappa shape index (κ2) is 7.30. The monoisotopic (exact) mass is 236 g/mol. The van der Waals surface area contributed by atoms with Crippen molar-refractivity contribution < 1.29 is 4.74 Å². The van der Waals surface area contributed by atoms with Crippen LogP contribution in [0.25, 0.3) is 0 Å². The van der Waals surface area contributed by atoms with Gasteiger partial charge in [-0.1, -0.05) is 32.0 Å². The first-order valence-corrected chi connectivity index (χ1v) is 6.36. The van der Waals surface area contributed by atoms with Gasteiger partial charge in [-0.3, -0.25) is 0 Å². The summed E-state index contributed by atoms with van der Waals surface area (Å²) in [4.78, 5) is 2.35. The predicted molar refractivity (Wildman–Crippen MR) is 72.4 cm³/mol. The topological polar surface area (TPSA) is 38.5 Å². The van der Waals surface area contributed by atoms with Crippen molar-refractivity contribution in [2.24, 2.45) is 5.73 Å². The molecule has 96 valence electrons. The molecule has 0 saturated carbocycles. The normalized spacial score (nSPS) is 10.9. The van der Waals surface area contributed by atoms with E-state index in [-0.39, 0.29) is 0 Å². The third-order valence-corrected chi connectivity index (χ3v) is 3.06. The second-order valence-corrected chi connectivity index (χ2v) is 4.14. The van der Waals surface area contributed by atoms with Crippen molar-refractivity contribution in [3.63, 3.8) is 0 Å². The van der Waals surface area contributed by atoms with Crippen molar-refractivity contribution in [1.82, 2.24) is 4.90 Å². The molecule has 3 nitrogen and oxygen atoms in total.